The van der Waals surface area contributed by atoms with Crippen LogP contribution in [0.25, 0.3) is 0 Å². The van der Waals surface area contributed by atoms with Crippen LogP contribution < -0.4 is 10.1 Å². The molecule has 0 aliphatic carbocycles. The van der Waals surface area contributed by atoms with E-state index in [1.165, 1.54) is 6.92 Å². The molecule has 0 aromatic heterocycles. The molecule has 0 spiro atoms. The summed E-state index contributed by atoms with van der Waals surface area (Å²) in [6.07, 6.45) is 1.68. The summed E-state index contributed by atoms with van der Waals surface area (Å²) in [4.78, 5) is 12.2. The van der Waals surface area contributed by atoms with Crippen LogP contribution in [0.4, 0.5) is 0 Å². The van der Waals surface area contributed by atoms with E-state index in [4.69, 9.17) is 4.74 Å². The Morgan fingerprint density at radius 3 is 2.08 bits per heavy atom. The van der Waals surface area contributed by atoms with Gasteiger partial charge in [-0.3, -0.25) is 4.79 Å². The predicted octanol–water partition coefficient (Wildman–Crippen LogP) is 3.12. The van der Waals surface area contributed by atoms with E-state index >= 15 is 0 Å². The van der Waals surface area contributed by atoms with Gasteiger partial charge in [0.05, 0.1) is 11.4 Å². The minimum atomic E-state index is -3.43. The highest BCUT2D eigenvalue weighted by Crippen LogP contribution is 2.15. The van der Waals surface area contributed by atoms with Crippen LogP contribution in [0.5, 0.6) is 5.75 Å². The molecule has 0 fully saturated rings. The molecule has 0 aliphatic rings. The maximum Gasteiger partial charge on any atom is 0.238 e. The van der Waals surface area contributed by atoms with Gasteiger partial charge < -0.3 is 10.1 Å². The van der Waals surface area contributed by atoms with E-state index in [2.05, 4.69) is 5.32 Å². The molecular weight excluding hydrogens is 338 g/mol. The Hall–Kier alpha value is -1.56. The number of hydrogen-bond donors (Lipinski definition) is 1. The first-order valence-corrected chi connectivity index (χ1v) is 10.4. The summed E-state index contributed by atoms with van der Waals surface area (Å²) >= 11 is 0. The molecule has 2 unspecified atom stereocenters. The quantitative estimate of drug-likeness (QED) is 0.726. The van der Waals surface area contributed by atoms with Crippen molar-refractivity contribution in [3.63, 3.8) is 0 Å². The monoisotopic (exact) mass is 369 g/mol. The zero-order valence-corrected chi connectivity index (χ0v) is 16.9. The van der Waals surface area contributed by atoms with Crippen molar-refractivity contribution in [1.29, 1.82) is 0 Å². The number of sulfone groups is 1. The lowest BCUT2D eigenvalue weighted by Crippen LogP contribution is -2.44. The van der Waals surface area contributed by atoms with E-state index in [0.29, 0.717) is 0 Å². The van der Waals surface area contributed by atoms with Gasteiger partial charge in [-0.1, -0.05) is 12.1 Å². The second-order valence-electron chi connectivity index (χ2n) is 7.04. The third-order valence-corrected chi connectivity index (χ3v) is 6.58. The number of hydrogen-bond acceptors (Lipinski definition) is 4. The van der Waals surface area contributed by atoms with Gasteiger partial charge in [0, 0.05) is 6.04 Å². The van der Waals surface area contributed by atoms with Crippen LogP contribution in [0.3, 0.4) is 0 Å². The molecule has 2 atom stereocenters. The lowest BCUT2D eigenvalue weighted by molar-refractivity contribution is -0.121. The molecule has 0 saturated heterocycles. The molecule has 0 radical (unpaired) electrons. The smallest absolute Gasteiger partial charge is 0.238 e. The van der Waals surface area contributed by atoms with Gasteiger partial charge in [-0.15, -0.1) is 0 Å². The van der Waals surface area contributed by atoms with Crippen molar-refractivity contribution in [3.8, 4) is 5.75 Å². The number of rotatable bonds is 9. The normalized spacial score (nSPS) is 14.4. The second kappa shape index (κ2) is 9.22. The lowest BCUT2D eigenvalue weighted by Gasteiger charge is -2.19. The number of aryl methyl sites for hydroxylation is 1. The average molecular weight is 370 g/mol. The summed E-state index contributed by atoms with van der Waals surface area (Å²) < 4.78 is 29.7. The molecule has 0 bridgehead atoms. The Morgan fingerprint density at radius 2 is 1.60 bits per heavy atom. The van der Waals surface area contributed by atoms with E-state index < -0.39 is 26.2 Å². The molecular formula is C19H31NO4S. The third kappa shape index (κ3) is 6.69. The highest BCUT2D eigenvalue weighted by Gasteiger charge is 2.31. The summed E-state index contributed by atoms with van der Waals surface area (Å²) in [6, 6.07) is 7.81. The SMILES string of the molecule is CC(CCc1ccc(OC(C)C)cc1)NC(=O)C(C)S(=O)(=O)C(C)C. The van der Waals surface area contributed by atoms with Crippen molar-refractivity contribution in [1.82, 2.24) is 5.32 Å². The minimum absolute atomic E-state index is 0.0936. The lowest BCUT2D eigenvalue weighted by atomic mass is 10.1. The van der Waals surface area contributed by atoms with Crippen molar-refractivity contribution < 1.29 is 17.9 Å². The fourth-order valence-corrected chi connectivity index (χ4v) is 3.56. The zero-order valence-electron chi connectivity index (χ0n) is 16.1. The first-order valence-electron chi connectivity index (χ1n) is 8.82. The van der Waals surface area contributed by atoms with Gasteiger partial charge >= 0.3 is 0 Å². The number of nitrogens with one attached hydrogen (secondary N) is 1. The van der Waals surface area contributed by atoms with Gasteiger partial charge in [-0.2, -0.15) is 0 Å². The predicted molar refractivity (Wildman–Crippen MR) is 102 cm³/mol. The van der Waals surface area contributed by atoms with Crippen molar-refractivity contribution in [2.45, 2.75) is 77.0 Å². The molecule has 1 rings (SSSR count). The fourth-order valence-electron chi connectivity index (χ4n) is 2.38. The van der Waals surface area contributed by atoms with Crippen LogP contribution >= 0.6 is 0 Å². The van der Waals surface area contributed by atoms with E-state index in [0.717, 1.165) is 24.2 Å². The first kappa shape index (κ1) is 21.5. The topological polar surface area (TPSA) is 72.5 Å². The first-order chi connectivity index (χ1) is 11.5. The number of benzene rings is 1. The largest absolute Gasteiger partial charge is 0.491 e. The van der Waals surface area contributed by atoms with Crippen LogP contribution in [-0.2, 0) is 21.1 Å². The Labute approximate surface area is 152 Å². The molecule has 25 heavy (non-hydrogen) atoms. The molecule has 5 nitrogen and oxygen atoms in total. The number of amides is 1. The fraction of sp³-hybridized carbons (Fsp3) is 0.632. The van der Waals surface area contributed by atoms with Gasteiger partial charge in [0.2, 0.25) is 5.91 Å². The number of carbonyl (C=O) groups excluding carboxylic acids is 1. The van der Waals surface area contributed by atoms with Crippen LogP contribution in [0, 0.1) is 0 Å². The molecule has 6 heteroatoms. The van der Waals surface area contributed by atoms with Crippen LogP contribution in [0.15, 0.2) is 24.3 Å². The highest BCUT2D eigenvalue weighted by molar-refractivity contribution is 7.93. The van der Waals surface area contributed by atoms with Crippen molar-refractivity contribution in [3.05, 3.63) is 29.8 Å². The van der Waals surface area contributed by atoms with E-state index in [1.54, 1.807) is 13.8 Å². The van der Waals surface area contributed by atoms with E-state index in [-0.39, 0.29) is 12.1 Å². The Kier molecular flexibility index (Phi) is 7.93. The summed E-state index contributed by atoms with van der Waals surface area (Å²) in [5.41, 5.74) is 1.15. The number of ether oxygens (including phenoxy) is 1. The maximum absolute atomic E-state index is 12.2. The van der Waals surface area contributed by atoms with Crippen LogP contribution in [-0.4, -0.2) is 37.0 Å². The molecule has 1 N–H and O–H groups in total. The van der Waals surface area contributed by atoms with Crippen molar-refractivity contribution >= 4 is 15.7 Å². The summed E-state index contributed by atoms with van der Waals surface area (Å²) in [7, 11) is -3.43. The average Bonchev–Trinajstić information content (AvgIpc) is 2.52. The number of carbonyl (C=O) groups is 1. The standard InChI is InChI=1S/C19H31NO4S/c1-13(2)24-18-11-9-17(10-12-18)8-7-15(5)20-19(21)16(6)25(22,23)14(3)4/h9-16H,7-8H2,1-6H3,(H,20,21). The van der Waals surface area contributed by atoms with E-state index in [9.17, 15) is 13.2 Å². The van der Waals surface area contributed by atoms with Gasteiger partial charge in [0.1, 0.15) is 11.0 Å². The van der Waals surface area contributed by atoms with Gasteiger partial charge in [0.15, 0.2) is 9.84 Å². The van der Waals surface area contributed by atoms with Crippen LogP contribution in [0.1, 0.15) is 53.5 Å². The summed E-state index contributed by atoms with van der Waals surface area (Å²) in [5, 5.41) is 1.22. The molecule has 1 amide bonds. The zero-order chi connectivity index (χ0) is 19.2. The second-order valence-corrected chi connectivity index (χ2v) is 9.87. The van der Waals surface area contributed by atoms with Crippen molar-refractivity contribution in [2.75, 3.05) is 0 Å². The molecule has 0 heterocycles. The molecule has 1 aromatic rings. The minimum Gasteiger partial charge on any atom is -0.491 e. The summed E-state index contributed by atoms with van der Waals surface area (Å²) in [6.45, 7) is 10.5. The van der Waals surface area contributed by atoms with Crippen molar-refractivity contribution in [2.24, 2.45) is 0 Å². The van der Waals surface area contributed by atoms with Gasteiger partial charge in [-0.05, 0) is 72.1 Å². The maximum atomic E-state index is 12.2. The molecule has 1 aromatic carbocycles. The van der Waals surface area contributed by atoms with Gasteiger partial charge in [0.25, 0.3) is 0 Å². The Bertz CT molecular complexity index is 651. The Balaban J connectivity index is 2.52. The highest BCUT2D eigenvalue weighted by atomic mass is 32.2. The third-order valence-electron chi connectivity index (χ3n) is 4.07. The summed E-state index contributed by atoms with van der Waals surface area (Å²) in [5.74, 6) is 0.412. The Morgan fingerprint density at radius 1 is 1.04 bits per heavy atom. The molecule has 0 saturated carbocycles. The molecule has 142 valence electrons. The molecule has 0 aliphatic heterocycles. The van der Waals surface area contributed by atoms with E-state index in [1.807, 2.05) is 45.0 Å². The van der Waals surface area contributed by atoms with Gasteiger partial charge in [-0.25, -0.2) is 8.42 Å². The van der Waals surface area contributed by atoms with Crippen LogP contribution in [0.2, 0.25) is 0 Å².